The molecule has 0 bridgehead atoms. The average molecular weight is 406 g/mol. The van der Waals surface area contributed by atoms with Crippen molar-refractivity contribution >= 4 is 22.6 Å². The van der Waals surface area contributed by atoms with E-state index < -0.39 is 0 Å². The van der Waals surface area contributed by atoms with Crippen molar-refractivity contribution in [3.63, 3.8) is 0 Å². The number of aromatic nitrogens is 1. The molecule has 3 aromatic rings. The topological polar surface area (TPSA) is 46.1 Å². The minimum absolute atomic E-state index is 0.154. The van der Waals surface area contributed by atoms with Crippen LogP contribution in [0.1, 0.15) is 70.1 Å². The Morgan fingerprint density at radius 3 is 2.17 bits per heavy atom. The number of hydrogen-bond donors (Lipinski definition) is 2. The first-order valence-corrected chi connectivity index (χ1v) is 10.8. The first kappa shape index (κ1) is 21.9. The van der Waals surface area contributed by atoms with Crippen molar-refractivity contribution in [1.29, 1.82) is 0 Å². The predicted octanol–water partition coefficient (Wildman–Crippen LogP) is 6.52. The lowest BCUT2D eigenvalue weighted by Crippen LogP contribution is -2.39. The van der Waals surface area contributed by atoms with Crippen LogP contribution in [-0.4, -0.2) is 17.1 Å². The van der Waals surface area contributed by atoms with E-state index in [1.807, 2.05) is 0 Å². The van der Waals surface area contributed by atoms with Crippen molar-refractivity contribution in [2.45, 2.75) is 58.8 Å². The van der Waals surface area contributed by atoms with Crippen LogP contribution in [0.15, 0.2) is 48.7 Å². The monoisotopic (exact) mass is 405 g/mol. The maximum absolute atomic E-state index is 12.9. The van der Waals surface area contributed by atoms with Crippen molar-refractivity contribution in [2.75, 3.05) is 11.9 Å². The lowest BCUT2D eigenvalue weighted by molar-refractivity contribution is 0.249. The smallest absolute Gasteiger partial charge is 0.319 e. The fourth-order valence-corrected chi connectivity index (χ4v) is 4.13. The van der Waals surface area contributed by atoms with Gasteiger partial charge in [0, 0.05) is 41.8 Å². The molecule has 0 radical (unpaired) electrons. The van der Waals surface area contributed by atoms with Crippen LogP contribution in [-0.2, 0) is 12.5 Å². The van der Waals surface area contributed by atoms with E-state index in [0.717, 1.165) is 5.69 Å². The quantitative estimate of drug-likeness (QED) is 0.481. The number of urea groups is 1. The third kappa shape index (κ3) is 4.38. The number of nitrogens with one attached hydrogen (secondary N) is 2. The Morgan fingerprint density at radius 1 is 0.967 bits per heavy atom. The zero-order valence-electron chi connectivity index (χ0n) is 19.3. The summed E-state index contributed by atoms with van der Waals surface area (Å²) in [6.07, 6.45) is 2.18. The third-order valence-electron chi connectivity index (χ3n) is 5.93. The predicted molar refractivity (Wildman–Crippen MR) is 128 cm³/mol. The van der Waals surface area contributed by atoms with Crippen LogP contribution in [0, 0.1) is 0 Å². The summed E-state index contributed by atoms with van der Waals surface area (Å²) in [5.74, 6) is 0.678. The van der Waals surface area contributed by atoms with Crippen LogP contribution in [0.25, 0.3) is 10.9 Å². The van der Waals surface area contributed by atoms with E-state index in [0.29, 0.717) is 18.4 Å². The number of carbonyl (C=O) groups excluding carboxylic acids is 1. The number of carbonyl (C=O) groups is 1. The SMILES string of the molecule is CC(C)c1cccc(C(C)C)c1NC(=O)NCC(C)(C)c1cn(C)c2ccccc12. The summed E-state index contributed by atoms with van der Waals surface area (Å²) in [5, 5.41) is 7.51. The van der Waals surface area contributed by atoms with Gasteiger partial charge in [0.2, 0.25) is 0 Å². The molecule has 0 aliphatic rings. The summed E-state index contributed by atoms with van der Waals surface area (Å²) in [6.45, 7) is 13.5. The van der Waals surface area contributed by atoms with E-state index in [9.17, 15) is 4.79 Å². The number of amides is 2. The summed E-state index contributed by atoms with van der Waals surface area (Å²) >= 11 is 0. The van der Waals surface area contributed by atoms with Crippen molar-refractivity contribution in [3.05, 3.63) is 65.4 Å². The number of benzene rings is 2. The van der Waals surface area contributed by atoms with E-state index in [1.165, 1.54) is 27.6 Å². The zero-order valence-corrected chi connectivity index (χ0v) is 19.3. The van der Waals surface area contributed by atoms with E-state index in [-0.39, 0.29) is 11.4 Å². The fourth-order valence-electron chi connectivity index (χ4n) is 4.13. The zero-order chi connectivity index (χ0) is 22.1. The van der Waals surface area contributed by atoms with Gasteiger partial charge in [0.25, 0.3) is 0 Å². The largest absolute Gasteiger partial charge is 0.350 e. The maximum Gasteiger partial charge on any atom is 0.319 e. The second-order valence-corrected chi connectivity index (χ2v) is 9.48. The molecule has 2 N–H and O–H groups in total. The van der Waals surface area contributed by atoms with E-state index >= 15 is 0 Å². The minimum Gasteiger partial charge on any atom is -0.350 e. The standard InChI is InChI=1S/C26H35N3O/c1-17(2)19-12-10-13-20(18(3)4)24(19)28-25(30)27-16-26(5,6)22-15-29(7)23-14-9-8-11-21(22)23/h8-15,17-18H,16H2,1-7H3,(H2,27,28,30). The molecule has 0 spiro atoms. The number of rotatable bonds is 6. The Morgan fingerprint density at radius 2 is 1.57 bits per heavy atom. The highest BCUT2D eigenvalue weighted by atomic mass is 16.2. The number of anilines is 1. The molecule has 0 atom stereocenters. The second kappa shape index (κ2) is 8.55. The highest BCUT2D eigenvalue weighted by molar-refractivity contribution is 5.91. The van der Waals surface area contributed by atoms with Gasteiger partial charge in [-0.1, -0.05) is 77.9 Å². The van der Waals surface area contributed by atoms with Crippen LogP contribution in [0.5, 0.6) is 0 Å². The summed E-state index contributed by atoms with van der Waals surface area (Å²) in [6, 6.07) is 14.5. The molecule has 0 saturated carbocycles. The average Bonchev–Trinajstić information content (AvgIpc) is 3.04. The van der Waals surface area contributed by atoms with Gasteiger partial charge in [-0.2, -0.15) is 0 Å². The Hall–Kier alpha value is -2.75. The van der Waals surface area contributed by atoms with Crippen LogP contribution < -0.4 is 10.6 Å². The van der Waals surface area contributed by atoms with Crippen molar-refractivity contribution in [2.24, 2.45) is 7.05 Å². The van der Waals surface area contributed by atoms with Crippen molar-refractivity contribution in [3.8, 4) is 0 Å². The highest BCUT2D eigenvalue weighted by Crippen LogP contribution is 2.33. The van der Waals surface area contributed by atoms with E-state index in [1.54, 1.807) is 0 Å². The van der Waals surface area contributed by atoms with Crippen LogP contribution in [0.4, 0.5) is 10.5 Å². The molecule has 4 nitrogen and oxygen atoms in total. The Labute approximate surface area is 180 Å². The molecule has 0 aliphatic heterocycles. The molecule has 0 unspecified atom stereocenters. The summed E-state index contributed by atoms with van der Waals surface area (Å²) in [7, 11) is 2.07. The normalized spacial score (nSPS) is 12.0. The van der Waals surface area contributed by atoms with Gasteiger partial charge in [-0.3, -0.25) is 0 Å². The van der Waals surface area contributed by atoms with Gasteiger partial charge in [-0.15, -0.1) is 0 Å². The maximum atomic E-state index is 12.9. The fraction of sp³-hybridized carbons (Fsp3) is 0.423. The number of nitrogens with zero attached hydrogens (tertiary/aromatic N) is 1. The number of aryl methyl sites for hydroxylation is 1. The molecule has 0 saturated heterocycles. The van der Waals surface area contributed by atoms with Crippen molar-refractivity contribution < 1.29 is 4.79 Å². The van der Waals surface area contributed by atoms with Crippen LogP contribution in [0.3, 0.4) is 0 Å². The lowest BCUT2D eigenvalue weighted by atomic mass is 9.84. The molecular weight excluding hydrogens is 370 g/mol. The van der Waals surface area contributed by atoms with Gasteiger partial charge in [0.05, 0.1) is 0 Å². The number of fused-ring (bicyclic) bond motifs is 1. The molecule has 4 heteroatoms. The van der Waals surface area contributed by atoms with Gasteiger partial charge in [-0.25, -0.2) is 4.79 Å². The first-order chi connectivity index (χ1) is 14.1. The molecule has 30 heavy (non-hydrogen) atoms. The molecule has 1 heterocycles. The number of hydrogen-bond acceptors (Lipinski definition) is 1. The van der Waals surface area contributed by atoms with Crippen LogP contribution in [0.2, 0.25) is 0 Å². The summed E-state index contributed by atoms with van der Waals surface area (Å²) in [5.41, 5.74) is 5.54. The van der Waals surface area contributed by atoms with Gasteiger partial charge in [0.15, 0.2) is 0 Å². The minimum atomic E-state index is -0.198. The molecular formula is C26H35N3O. The molecule has 0 aliphatic carbocycles. The molecule has 160 valence electrons. The van der Waals surface area contributed by atoms with Gasteiger partial charge < -0.3 is 15.2 Å². The Kier molecular flexibility index (Phi) is 6.25. The van der Waals surface area contributed by atoms with E-state index in [4.69, 9.17) is 0 Å². The second-order valence-electron chi connectivity index (χ2n) is 9.48. The van der Waals surface area contributed by atoms with Crippen LogP contribution >= 0.6 is 0 Å². The lowest BCUT2D eigenvalue weighted by Gasteiger charge is -2.26. The molecule has 1 aromatic heterocycles. The van der Waals surface area contributed by atoms with Gasteiger partial charge >= 0.3 is 6.03 Å². The third-order valence-corrected chi connectivity index (χ3v) is 5.93. The number of para-hydroxylation sites is 2. The molecule has 0 fully saturated rings. The summed E-state index contributed by atoms with van der Waals surface area (Å²) < 4.78 is 2.15. The summed E-state index contributed by atoms with van der Waals surface area (Å²) in [4.78, 5) is 12.9. The Bertz CT molecular complexity index is 1020. The van der Waals surface area contributed by atoms with E-state index in [2.05, 4.69) is 112 Å². The Balaban J connectivity index is 1.79. The van der Waals surface area contributed by atoms with Crippen molar-refractivity contribution in [1.82, 2.24) is 9.88 Å². The molecule has 2 amide bonds. The first-order valence-electron chi connectivity index (χ1n) is 10.8. The van der Waals surface area contributed by atoms with Gasteiger partial charge in [0.1, 0.15) is 0 Å². The van der Waals surface area contributed by atoms with Gasteiger partial charge in [-0.05, 0) is 34.6 Å². The highest BCUT2D eigenvalue weighted by Gasteiger charge is 2.26. The molecule has 3 rings (SSSR count). The molecule has 2 aromatic carbocycles.